The minimum Gasteiger partial charge on any atom is -0.465 e. The van der Waals surface area contributed by atoms with Crippen LogP contribution in [0.25, 0.3) is 0 Å². The molecule has 0 bridgehead atoms. The molecule has 0 aliphatic heterocycles. The summed E-state index contributed by atoms with van der Waals surface area (Å²) in [5.41, 5.74) is 6.13. The van der Waals surface area contributed by atoms with Crippen LogP contribution in [0.1, 0.15) is 62.5 Å². The summed E-state index contributed by atoms with van der Waals surface area (Å²) in [6.45, 7) is 1.97. The molecule has 1 aliphatic rings. The van der Waals surface area contributed by atoms with Crippen molar-refractivity contribution in [2.45, 2.75) is 57.9 Å². The number of nitrogens with two attached hydrogens (primary N) is 1. The molecular weight excluding hydrogens is 198 g/mol. The lowest BCUT2D eigenvalue weighted by Gasteiger charge is -2.22. The van der Waals surface area contributed by atoms with Gasteiger partial charge in [0, 0.05) is 0 Å². The van der Waals surface area contributed by atoms with Crippen molar-refractivity contribution in [1.82, 2.24) is 0 Å². The SMILES string of the molecule is Cc1ccc(C(N)CCC2CCCCC2)o1. The second-order valence-corrected chi connectivity index (χ2v) is 5.14. The fourth-order valence-corrected chi connectivity index (χ4v) is 2.69. The van der Waals surface area contributed by atoms with Gasteiger partial charge in [-0.05, 0) is 37.8 Å². The van der Waals surface area contributed by atoms with Gasteiger partial charge >= 0.3 is 0 Å². The first-order valence-electron chi connectivity index (χ1n) is 6.57. The minimum absolute atomic E-state index is 0.0932. The van der Waals surface area contributed by atoms with Crippen molar-refractivity contribution in [3.63, 3.8) is 0 Å². The van der Waals surface area contributed by atoms with Gasteiger partial charge in [0.05, 0.1) is 6.04 Å². The highest BCUT2D eigenvalue weighted by Gasteiger charge is 2.16. The molecule has 0 aromatic carbocycles. The Kier molecular flexibility index (Phi) is 4.05. The molecule has 2 N–H and O–H groups in total. The van der Waals surface area contributed by atoms with E-state index in [2.05, 4.69) is 0 Å². The molecule has 16 heavy (non-hydrogen) atoms. The summed E-state index contributed by atoms with van der Waals surface area (Å²) in [6, 6.07) is 4.10. The maximum Gasteiger partial charge on any atom is 0.120 e. The zero-order valence-electron chi connectivity index (χ0n) is 10.2. The molecule has 1 fully saturated rings. The average molecular weight is 221 g/mol. The molecule has 1 saturated carbocycles. The van der Waals surface area contributed by atoms with Gasteiger partial charge in [0.2, 0.25) is 0 Å². The molecule has 1 atom stereocenters. The highest BCUT2D eigenvalue weighted by atomic mass is 16.3. The Balaban J connectivity index is 1.76. The van der Waals surface area contributed by atoms with Crippen molar-refractivity contribution in [1.29, 1.82) is 0 Å². The van der Waals surface area contributed by atoms with Crippen LogP contribution in [0.4, 0.5) is 0 Å². The van der Waals surface area contributed by atoms with E-state index in [9.17, 15) is 0 Å². The van der Waals surface area contributed by atoms with E-state index in [1.807, 2.05) is 19.1 Å². The molecule has 1 heterocycles. The van der Waals surface area contributed by atoms with Crippen LogP contribution in [0.15, 0.2) is 16.5 Å². The summed E-state index contributed by atoms with van der Waals surface area (Å²) < 4.78 is 5.56. The first-order valence-corrected chi connectivity index (χ1v) is 6.57. The van der Waals surface area contributed by atoms with Crippen LogP contribution in [0.2, 0.25) is 0 Å². The highest BCUT2D eigenvalue weighted by Crippen LogP contribution is 2.29. The molecular formula is C14H23NO. The lowest BCUT2D eigenvalue weighted by atomic mass is 9.85. The van der Waals surface area contributed by atoms with Gasteiger partial charge in [-0.15, -0.1) is 0 Å². The fourth-order valence-electron chi connectivity index (χ4n) is 2.69. The number of hydrogen-bond donors (Lipinski definition) is 1. The van der Waals surface area contributed by atoms with Gasteiger partial charge in [-0.25, -0.2) is 0 Å². The Hall–Kier alpha value is -0.760. The molecule has 1 unspecified atom stereocenters. The van der Waals surface area contributed by atoms with E-state index in [-0.39, 0.29) is 6.04 Å². The van der Waals surface area contributed by atoms with Gasteiger partial charge in [-0.3, -0.25) is 0 Å². The molecule has 2 nitrogen and oxygen atoms in total. The zero-order valence-corrected chi connectivity index (χ0v) is 10.2. The van der Waals surface area contributed by atoms with E-state index in [1.54, 1.807) is 0 Å². The monoisotopic (exact) mass is 221 g/mol. The molecule has 0 radical (unpaired) electrons. The standard InChI is InChI=1S/C14H23NO/c1-11-7-10-14(16-11)13(15)9-8-12-5-3-2-4-6-12/h7,10,12-13H,2-6,8-9,15H2,1H3. The van der Waals surface area contributed by atoms with E-state index in [0.717, 1.165) is 23.9 Å². The molecule has 0 saturated heterocycles. The van der Waals surface area contributed by atoms with Crippen molar-refractivity contribution >= 4 is 0 Å². The van der Waals surface area contributed by atoms with Gasteiger partial charge in [0.15, 0.2) is 0 Å². The Morgan fingerprint density at radius 3 is 2.69 bits per heavy atom. The lowest BCUT2D eigenvalue weighted by molar-refractivity contribution is 0.315. The second-order valence-electron chi connectivity index (χ2n) is 5.14. The summed E-state index contributed by atoms with van der Waals surface area (Å²) in [4.78, 5) is 0. The van der Waals surface area contributed by atoms with E-state index >= 15 is 0 Å². The van der Waals surface area contributed by atoms with Crippen molar-refractivity contribution in [2.24, 2.45) is 11.7 Å². The van der Waals surface area contributed by atoms with Gasteiger partial charge in [0.25, 0.3) is 0 Å². The smallest absolute Gasteiger partial charge is 0.120 e. The molecule has 2 rings (SSSR count). The maximum absolute atomic E-state index is 6.13. The molecule has 1 aromatic rings. The van der Waals surface area contributed by atoms with Gasteiger partial charge in [-0.2, -0.15) is 0 Å². The molecule has 0 spiro atoms. The molecule has 90 valence electrons. The third-order valence-corrected chi connectivity index (χ3v) is 3.74. The minimum atomic E-state index is 0.0932. The van der Waals surface area contributed by atoms with Gasteiger partial charge in [0.1, 0.15) is 11.5 Å². The summed E-state index contributed by atoms with van der Waals surface area (Å²) in [7, 11) is 0. The van der Waals surface area contributed by atoms with E-state index in [1.165, 1.54) is 38.5 Å². The van der Waals surface area contributed by atoms with E-state index in [0.29, 0.717) is 0 Å². The summed E-state index contributed by atoms with van der Waals surface area (Å²) >= 11 is 0. The number of furan rings is 1. The van der Waals surface area contributed by atoms with Crippen LogP contribution < -0.4 is 5.73 Å². The quantitative estimate of drug-likeness (QED) is 0.836. The Morgan fingerprint density at radius 2 is 2.06 bits per heavy atom. The third-order valence-electron chi connectivity index (χ3n) is 3.74. The van der Waals surface area contributed by atoms with Crippen molar-refractivity contribution in [3.05, 3.63) is 23.7 Å². The van der Waals surface area contributed by atoms with E-state index in [4.69, 9.17) is 10.2 Å². The van der Waals surface area contributed by atoms with Crippen LogP contribution >= 0.6 is 0 Å². The normalized spacial score (nSPS) is 19.9. The number of rotatable bonds is 4. The number of aryl methyl sites for hydroxylation is 1. The van der Waals surface area contributed by atoms with Crippen LogP contribution in [0, 0.1) is 12.8 Å². The summed E-state index contributed by atoms with van der Waals surface area (Å²) in [6.07, 6.45) is 9.41. The maximum atomic E-state index is 6.13. The van der Waals surface area contributed by atoms with Crippen LogP contribution in [0.5, 0.6) is 0 Å². The topological polar surface area (TPSA) is 39.2 Å². The predicted molar refractivity (Wildman–Crippen MR) is 66.2 cm³/mol. The first kappa shape index (κ1) is 11.7. The predicted octanol–water partition coefficient (Wildman–Crippen LogP) is 3.95. The van der Waals surface area contributed by atoms with Crippen LogP contribution in [0.3, 0.4) is 0 Å². The van der Waals surface area contributed by atoms with E-state index < -0.39 is 0 Å². The lowest BCUT2D eigenvalue weighted by Crippen LogP contribution is -2.13. The van der Waals surface area contributed by atoms with Gasteiger partial charge in [-0.1, -0.05) is 32.1 Å². The van der Waals surface area contributed by atoms with Crippen molar-refractivity contribution in [2.75, 3.05) is 0 Å². The molecule has 0 amide bonds. The first-order chi connectivity index (χ1) is 7.75. The molecule has 1 aliphatic carbocycles. The second kappa shape index (κ2) is 5.53. The van der Waals surface area contributed by atoms with Crippen LogP contribution in [-0.2, 0) is 0 Å². The average Bonchev–Trinajstić information content (AvgIpc) is 2.74. The van der Waals surface area contributed by atoms with Gasteiger partial charge < -0.3 is 10.2 Å². The summed E-state index contributed by atoms with van der Waals surface area (Å²) in [5, 5.41) is 0. The molecule has 1 aromatic heterocycles. The van der Waals surface area contributed by atoms with Crippen molar-refractivity contribution < 1.29 is 4.42 Å². The fraction of sp³-hybridized carbons (Fsp3) is 0.714. The Morgan fingerprint density at radius 1 is 1.31 bits per heavy atom. The van der Waals surface area contributed by atoms with Crippen LogP contribution in [-0.4, -0.2) is 0 Å². The Labute approximate surface area is 98.2 Å². The third kappa shape index (κ3) is 3.11. The Bertz CT molecular complexity index is 312. The molecule has 2 heteroatoms. The largest absolute Gasteiger partial charge is 0.465 e. The zero-order chi connectivity index (χ0) is 11.4. The number of hydrogen-bond acceptors (Lipinski definition) is 2. The highest BCUT2D eigenvalue weighted by molar-refractivity contribution is 5.09. The summed E-state index contributed by atoms with van der Waals surface area (Å²) in [5.74, 6) is 2.83. The van der Waals surface area contributed by atoms with Crippen molar-refractivity contribution in [3.8, 4) is 0 Å².